The molecule has 6 nitrogen and oxygen atoms in total. The number of amides is 2. The van der Waals surface area contributed by atoms with E-state index in [4.69, 9.17) is 10.5 Å². The summed E-state index contributed by atoms with van der Waals surface area (Å²) in [7, 11) is 1.75. The van der Waals surface area contributed by atoms with Crippen molar-refractivity contribution >= 4 is 11.8 Å². The Morgan fingerprint density at radius 3 is 2.65 bits per heavy atom. The molecule has 1 saturated heterocycles. The van der Waals surface area contributed by atoms with E-state index in [9.17, 15) is 9.59 Å². The number of rotatable bonds is 4. The second-order valence-electron chi connectivity index (χ2n) is 4.84. The maximum absolute atomic E-state index is 12.2. The first-order valence-corrected chi connectivity index (χ1v) is 6.53. The topological polar surface area (TPSA) is 84.7 Å². The van der Waals surface area contributed by atoms with Gasteiger partial charge in [0.05, 0.1) is 13.2 Å². The summed E-state index contributed by atoms with van der Waals surface area (Å²) in [6.07, 6.45) is 0. The van der Waals surface area contributed by atoms with E-state index in [1.165, 1.54) is 0 Å². The molecule has 0 aromatic heterocycles. The zero-order valence-corrected chi connectivity index (χ0v) is 11.5. The fourth-order valence-electron chi connectivity index (χ4n) is 2.12. The Morgan fingerprint density at radius 1 is 1.40 bits per heavy atom. The number of hydrogen-bond donors (Lipinski definition) is 2. The predicted octanol–water partition coefficient (Wildman–Crippen LogP) is -0.268. The normalized spacial score (nSPS) is 18.6. The summed E-state index contributed by atoms with van der Waals surface area (Å²) in [5, 5.41) is 3.13. The molecule has 0 aliphatic carbocycles. The van der Waals surface area contributed by atoms with Crippen LogP contribution in [0.5, 0.6) is 0 Å². The summed E-state index contributed by atoms with van der Waals surface area (Å²) in [6, 6.07) is 6.65. The Balaban J connectivity index is 1.94. The average Bonchev–Trinajstić information content (AvgIpc) is 2.48. The van der Waals surface area contributed by atoms with Gasteiger partial charge in [0, 0.05) is 25.7 Å². The lowest BCUT2D eigenvalue weighted by Gasteiger charge is -2.27. The molecule has 3 N–H and O–H groups in total. The molecular weight excluding hydrogens is 258 g/mol. The van der Waals surface area contributed by atoms with Crippen LogP contribution in [0, 0.1) is 0 Å². The standard InChI is InChI=1S/C14H19N3O3/c1-17(14(19)12-9-20-7-6-16-12)8-10-2-4-11(5-3-10)13(15)18/h2-5,12,16H,6-9H2,1H3,(H2,15,18). The van der Waals surface area contributed by atoms with Crippen molar-refractivity contribution in [3.63, 3.8) is 0 Å². The van der Waals surface area contributed by atoms with Crippen molar-refractivity contribution in [1.29, 1.82) is 0 Å². The molecule has 2 amide bonds. The lowest BCUT2D eigenvalue weighted by molar-refractivity contribution is -0.135. The largest absolute Gasteiger partial charge is 0.378 e. The predicted molar refractivity (Wildman–Crippen MR) is 74.0 cm³/mol. The second-order valence-corrected chi connectivity index (χ2v) is 4.84. The minimum atomic E-state index is -0.454. The Morgan fingerprint density at radius 2 is 2.10 bits per heavy atom. The molecule has 1 atom stereocenters. The number of likely N-dealkylation sites (N-methyl/N-ethyl adjacent to an activating group) is 1. The van der Waals surface area contributed by atoms with E-state index in [1.54, 1.807) is 36.2 Å². The molecule has 2 rings (SSSR count). The quantitative estimate of drug-likeness (QED) is 0.793. The van der Waals surface area contributed by atoms with Crippen LogP contribution < -0.4 is 11.1 Å². The van der Waals surface area contributed by atoms with Crippen molar-refractivity contribution in [2.45, 2.75) is 12.6 Å². The van der Waals surface area contributed by atoms with Crippen LogP contribution in [0.3, 0.4) is 0 Å². The smallest absolute Gasteiger partial charge is 0.248 e. The van der Waals surface area contributed by atoms with E-state index in [0.29, 0.717) is 31.9 Å². The van der Waals surface area contributed by atoms with Gasteiger partial charge in [-0.15, -0.1) is 0 Å². The van der Waals surface area contributed by atoms with Crippen LogP contribution in [0.1, 0.15) is 15.9 Å². The highest BCUT2D eigenvalue weighted by Gasteiger charge is 2.24. The van der Waals surface area contributed by atoms with Gasteiger partial charge in [-0.3, -0.25) is 9.59 Å². The molecule has 1 aromatic rings. The highest BCUT2D eigenvalue weighted by atomic mass is 16.5. The number of carbonyl (C=O) groups is 2. The van der Waals surface area contributed by atoms with Crippen LogP contribution >= 0.6 is 0 Å². The number of nitrogens with two attached hydrogens (primary N) is 1. The fourth-order valence-corrected chi connectivity index (χ4v) is 2.12. The summed E-state index contributed by atoms with van der Waals surface area (Å²) in [6.45, 7) is 2.22. The Kier molecular flexibility index (Phi) is 4.70. The summed E-state index contributed by atoms with van der Waals surface area (Å²) < 4.78 is 5.28. The van der Waals surface area contributed by atoms with Crippen molar-refractivity contribution in [2.75, 3.05) is 26.8 Å². The van der Waals surface area contributed by atoms with Gasteiger partial charge in [-0.1, -0.05) is 12.1 Å². The number of morpholine rings is 1. The minimum absolute atomic E-state index is 0.00341. The zero-order chi connectivity index (χ0) is 14.5. The first-order valence-electron chi connectivity index (χ1n) is 6.53. The van der Waals surface area contributed by atoms with E-state index in [0.717, 1.165) is 5.56 Å². The van der Waals surface area contributed by atoms with Crippen molar-refractivity contribution in [1.82, 2.24) is 10.2 Å². The molecule has 1 aromatic carbocycles. The van der Waals surface area contributed by atoms with Gasteiger partial charge in [-0.05, 0) is 17.7 Å². The van der Waals surface area contributed by atoms with E-state index >= 15 is 0 Å². The highest BCUT2D eigenvalue weighted by molar-refractivity contribution is 5.92. The SMILES string of the molecule is CN(Cc1ccc(C(N)=O)cc1)C(=O)C1COCCN1. The van der Waals surface area contributed by atoms with E-state index < -0.39 is 5.91 Å². The average molecular weight is 277 g/mol. The van der Waals surface area contributed by atoms with Crippen molar-refractivity contribution in [3.8, 4) is 0 Å². The third-order valence-corrected chi connectivity index (χ3v) is 3.25. The van der Waals surface area contributed by atoms with Gasteiger partial charge in [0.1, 0.15) is 6.04 Å². The minimum Gasteiger partial charge on any atom is -0.378 e. The zero-order valence-electron chi connectivity index (χ0n) is 11.5. The number of benzene rings is 1. The van der Waals surface area contributed by atoms with Crippen molar-refractivity contribution < 1.29 is 14.3 Å². The van der Waals surface area contributed by atoms with Gasteiger partial charge < -0.3 is 20.7 Å². The lowest BCUT2D eigenvalue weighted by Crippen LogP contribution is -2.51. The van der Waals surface area contributed by atoms with Gasteiger partial charge in [0.15, 0.2) is 0 Å². The summed E-state index contributed by atoms with van der Waals surface area (Å²) in [5.74, 6) is -0.451. The monoisotopic (exact) mass is 277 g/mol. The van der Waals surface area contributed by atoms with Crippen LogP contribution in [0.15, 0.2) is 24.3 Å². The molecule has 108 valence electrons. The molecule has 0 bridgehead atoms. The van der Waals surface area contributed by atoms with Gasteiger partial charge in [-0.25, -0.2) is 0 Å². The molecular formula is C14H19N3O3. The molecule has 6 heteroatoms. The van der Waals surface area contributed by atoms with Gasteiger partial charge in [0.25, 0.3) is 0 Å². The second kappa shape index (κ2) is 6.49. The Labute approximate surface area is 117 Å². The molecule has 1 aliphatic rings. The van der Waals surface area contributed by atoms with Gasteiger partial charge >= 0.3 is 0 Å². The van der Waals surface area contributed by atoms with E-state index in [1.807, 2.05) is 0 Å². The Bertz CT molecular complexity index is 481. The maximum Gasteiger partial charge on any atom is 0.248 e. The Hall–Kier alpha value is -1.92. The van der Waals surface area contributed by atoms with Crippen LogP contribution in [0.2, 0.25) is 0 Å². The number of hydrogen-bond acceptors (Lipinski definition) is 4. The van der Waals surface area contributed by atoms with Gasteiger partial charge in [0.2, 0.25) is 11.8 Å². The van der Waals surface area contributed by atoms with Crippen LogP contribution in [0.25, 0.3) is 0 Å². The molecule has 1 heterocycles. The molecule has 0 saturated carbocycles. The lowest BCUT2D eigenvalue weighted by atomic mass is 10.1. The first-order chi connectivity index (χ1) is 9.58. The van der Waals surface area contributed by atoms with E-state index in [-0.39, 0.29) is 11.9 Å². The number of carbonyl (C=O) groups excluding carboxylic acids is 2. The molecule has 1 aliphatic heterocycles. The third kappa shape index (κ3) is 3.55. The number of nitrogens with one attached hydrogen (secondary N) is 1. The third-order valence-electron chi connectivity index (χ3n) is 3.25. The number of primary amides is 1. The maximum atomic E-state index is 12.2. The molecule has 0 spiro atoms. The highest BCUT2D eigenvalue weighted by Crippen LogP contribution is 2.08. The number of ether oxygens (including phenoxy) is 1. The summed E-state index contributed by atoms with van der Waals surface area (Å²) in [4.78, 5) is 24.8. The van der Waals surface area contributed by atoms with E-state index in [2.05, 4.69) is 5.32 Å². The van der Waals surface area contributed by atoms with Gasteiger partial charge in [-0.2, -0.15) is 0 Å². The van der Waals surface area contributed by atoms with Crippen LogP contribution in [-0.2, 0) is 16.1 Å². The molecule has 20 heavy (non-hydrogen) atoms. The number of nitrogens with zero attached hydrogens (tertiary/aromatic N) is 1. The fraction of sp³-hybridized carbons (Fsp3) is 0.429. The van der Waals surface area contributed by atoms with Crippen molar-refractivity contribution in [3.05, 3.63) is 35.4 Å². The van der Waals surface area contributed by atoms with Crippen LogP contribution in [0.4, 0.5) is 0 Å². The van der Waals surface area contributed by atoms with Crippen molar-refractivity contribution in [2.24, 2.45) is 5.73 Å². The van der Waals surface area contributed by atoms with Crippen LogP contribution in [-0.4, -0.2) is 49.6 Å². The summed E-state index contributed by atoms with van der Waals surface area (Å²) in [5.41, 5.74) is 6.60. The summed E-state index contributed by atoms with van der Waals surface area (Å²) >= 11 is 0. The molecule has 1 fully saturated rings. The first kappa shape index (κ1) is 14.5. The molecule has 0 radical (unpaired) electrons. The molecule has 1 unspecified atom stereocenters.